The molecule has 2 unspecified atom stereocenters. The number of nitrogens with one attached hydrogen (secondary N) is 1. The Morgan fingerprint density at radius 3 is 2.65 bits per heavy atom. The van der Waals surface area contributed by atoms with Crippen LogP contribution in [0.2, 0.25) is 0 Å². The summed E-state index contributed by atoms with van der Waals surface area (Å²) in [5.41, 5.74) is 1.18. The van der Waals surface area contributed by atoms with Gasteiger partial charge in [0.05, 0.1) is 0 Å². The third kappa shape index (κ3) is 4.12. The molecule has 2 atom stereocenters. The first-order chi connectivity index (χ1) is 9.08. The first kappa shape index (κ1) is 16.8. The zero-order chi connectivity index (χ0) is 13.8. The summed E-state index contributed by atoms with van der Waals surface area (Å²) in [5.74, 6) is 0.802. The highest BCUT2D eigenvalue weighted by atomic mass is 35.5. The van der Waals surface area contributed by atoms with Gasteiger partial charge in [0.2, 0.25) is 0 Å². The summed E-state index contributed by atoms with van der Waals surface area (Å²) < 4.78 is 5.55. The first-order valence-electron chi connectivity index (χ1n) is 6.80. The molecule has 0 saturated carbocycles. The van der Waals surface area contributed by atoms with Crippen molar-refractivity contribution in [1.82, 2.24) is 10.2 Å². The SMILES string of the molecule is Cc1ccc(OCC(=O)N2CCNC(C)C2C)cc1.Cl. The summed E-state index contributed by atoms with van der Waals surface area (Å²) in [4.78, 5) is 14.1. The number of halogens is 1. The van der Waals surface area contributed by atoms with Gasteiger partial charge in [-0.25, -0.2) is 0 Å². The van der Waals surface area contributed by atoms with Crippen molar-refractivity contribution in [2.45, 2.75) is 32.9 Å². The number of hydrogen-bond acceptors (Lipinski definition) is 3. The summed E-state index contributed by atoms with van der Waals surface area (Å²) >= 11 is 0. The van der Waals surface area contributed by atoms with Crippen molar-refractivity contribution >= 4 is 18.3 Å². The number of hydrogen-bond donors (Lipinski definition) is 1. The molecule has 0 bridgehead atoms. The normalized spacial score (nSPS) is 22.1. The van der Waals surface area contributed by atoms with Gasteiger partial charge in [-0.15, -0.1) is 12.4 Å². The van der Waals surface area contributed by atoms with Crippen LogP contribution >= 0.6 is 12.4 Å². The molecule has 20 heavy (non-hydrogen) atoms. The van der Waals surface area contributed by atoms with Crippen LogP contribution < -0.4 is 10.1 Å². The number of carbonyl (C=O) groups is 1. The molecule has 1 fully saturated rings. The van der Waals surface area contributed by atoms with Gasteiger partial charge in [-0.2, -0.15) is 0 Å². The molecule has 0 radical (unpaired) electrons. The molecule has 1 aromatic rings. The smallest absolute Gasteiger partial charge is 0.260 e. The second-order valence-corrected chi connectivity index (χ2v) is 5.17. The van der Waals surface area contributed by atoms with Crippen molar-refractivity contribution in [3.05, 3.63) is 29.8 Å². The minimum Gasteiger partial charge on any atom is -0.484 e. The molecule has 1 saturated heterocycles. The van der Waals surface area contributed by atoms with Crippen LogP contribution in [0.15, 0.2) is 24.3 Å². The maximum absolute atomic E-state index is 12.2. The average Bonchev–Trinajstić information content (AvgIpc) is 2.41. The van der Waals surface area contributed by atoms with Gasteiger partial charge in [0.15, 0.2) is 6.61 Å². The van der Waals surface area contributed by atoms with Crippen molar-refractivity contribution in [3.63, 3.8) is 0 Å². The Morgan fingerprint density at radius 1 is 1.35 bits per heavy atom. The second-order valence-electron chi connectivity index (χ2n) is 5.17. The van der Waals surface area contributed by atoms with Gasteiger partial charge >= 0.3 is 0 Å². The predicted molar refractivity (Wildman–Crippen MR) is 82.6 cm³/mol. The molecule has 4 nitrogen and oxygen atoms in total. The van der Waals surface area contributed by atoms with Gasteiger partial charge in [-0.05, 0) is 32.9 Å². The maximum Gasteiger partial charge on any atom is 0.260 e. The van der Waals surface area contributed by atoms with Crippen molar-refractivity contribution in [1.29, 1.82) is 0 Å². The van der Waals surface area contributed by atoms with Crippen LogP contribution in [0.1, 0.15) is 19.4 Å². The molecule has 5 heteroatoms. The van der Waals surface area contributed by atoms with Crippen LogP contribution in [-0.2, 0) is 4.79 Å². The van der Waals surface area contributed by atoms with E-state index >= 15 is 0 Å². The van der Waals surface area contributed by atoms with Gasteiger partial charge in [0, 0.05) is 25.2 Å². The number of carbonyl (C=O) groups excluding carboxylic acids is 1. The lowest BCUT2D eigenvalue weighted by Crippen LogP contribution is -2.58. The Balaban J connectivity index is 0.00000200. The van der Waals surface area contributed by atoms with Crippen LogP contribution in [0.25, 0.3) is 0 Å². The van der Waals surface area contributed by atoms with Gasteiger partial charge in [0.1, 0.15) is 5.75 Å². The van der Waals surface area contributed by atoms with E-state index in [1.807, 2.05) is 36.1 Å². The Hall–Kier alpha value is -1.26. The zero-order valence-corrected chi connectivity index (χ0v) is 13.1. The predicted octanol–water partition coefficient (Wildman–Crippen LogP) is 2.00. The second kappa shape index (κ2) is 7.50. The van der Waals surface area contributed by atoms with E-state index in [1.165, 1.54) is 5.56 Å². The van der Waals surface area contributed by atoms with Gasteiger partial charge in [-0.1, -0.05) is 17.7 Å². The topological polar surface area (TPSA) is 41.6 Å². The third-order valence-electron chi connectivity index (χ3n) is 3.74. The molecule has 1 N–H and O–H groups in total. The lowest BCUT2D eigenvalue weighted by atomic mass is 10.1. The van der Waals surface area contributed by atoms with Crippen LogP contribution in [0, 0.1) is 6.92 Å². The highest BCUT2D eigenvalue weighted by molar-refractivity contribution is 5.85. The number of amides is 1. The van der Waals surface area contributed by atoms with E-state index in [0.717, 1.165) is 18.8 Å². The maximum atomic E-state index is 12.2. The summed E-state index contributed by atoms with van der Waals surface area (Å²) in [6.45, 7) is 7.91. The van der Waals surface area contributed by atoms with Crippen LogP contribution in [-0.4, -0.2) is 42.6 Å². The number of aryl methyl sites for hydroxylation is 1. The fourth-order valence-electron chi connectivity index (χ4n) is 2.27. The van der Waals surface area contributed by atoms with E-state index in [-0.39, 0.29) is 31.0 Å². The number of benzene rings is 1. The highest BCUT2D eigenvalue weighted by Crippen LogP contribution is 2.13. The van der Waals surface area contributed by atoms with Crippen LogP contribution in [0.4, 0.5) is 0 Å². The summed E-state index contributed by atoms with van der Waals surface area (Å²) in [6, 6.07) is 8.30. The number of nitrogens with zero attached hydrogens (tertiary/aromatic N) is 1. The lowest BCUT2D eigenvalue weighted by molar-refractivity contribution is -0.137. The molecular formula is C15H23ClN2O2. The molecule has 2 rings (SSSR count). The van der Waals surface area contributed by atoms with E-state index in [9.17, 15) is 4.79 Å². The third-order valence-corrected chi connectivity index (χ3v) is 3.74. The van der Waals surface area contributed by atoms with Crippen molar-refractivity contribution in [2.24, 2.45) is 0 Å². The summed E-state index contributed by atoms with van der Waals surface area (Å²) in [7, 11) is 0. The van der Waals surface area contributed by atoms with Gasteiger partial charge in [-0.3, -0.25) is 4.79 Å². The minimum atomic E-state index is 0. The molecule has 1 aliphatic heterocycles. The van der Waals surface area contributed by atoms with E-state index in [4.69, 9.17) is 4.74 Å². The highest BCUT2D eigenvalue weighted by Gasteiger charge is 2.28. The number of rotatable bonds is 3. The summed E-state index contributed by atoms with van der Waals surface area (Å²) in [6.07, 6.45) is 0. The zero-order valence-electron chi connectivity index (χ0n) is 12.3. The lowest BCUT2D eigenvalue weighted by Gasteiger charge is -2.38. The fourth-order valence-corrected chi connectivity index (χ4v) is 2.27. The first-order valence-corrected chi connectivity index (χ1v) is 6.80. The number of piperazine rings is 1. The molecule has 0 aromatic heterocycles. The van der Waals surface area contributed by atoms with Gasteiger partial charge < -0.3 is 15.0 Å². The Kier molecular flexibility index (Phi) is 6.30. The summed E-state index contributed by atoms with van der Waals surface area (Å²) in [5, 5.41) is 3.36. The minimum absolute atomic E-state index is 0. The average molecular weight is 299 g/mol. The van der Waals surface area contributed by atoms with Crippen molar-refractivity contribution in [2.75, 3.05) is 19.7 Å². The quantitative estimate of drug-likeness (QED) is 0.928. The standard InChI is InChI=1S/C15H22N2O2.ClH/c1-11-4-6-14(7-5-11)19-10-15(18)17-9-8-16-12(2)13(17)3;/h4-7,12-13,16H,8-10H2,1-3H3;1H. The molecule has 1 aromatic carbocycles. The van der Waals surface area contributed by atoms with E-state index in [0.29, 0.717) is 6.04 Å². The molecular weight excluding hydrogens is 276 g/mol. The molecule has 0 aliphatic carbocycles. The Morgan fingerprint density at radius 2 is 2.00 bits per heavy atom. The molecule has 1 heterocycles. The monoisotopic (exact) mass is 298 g/mol. The van der Waals surface area contributed by atoms with Crippen molar-refractivity contribution in [3.8, 4) is 5.75 Å². The molecule has 0 spiro atoms. The van der Waals surface area contributed by atoms with Crippen molar-refractivity contribution < 1.29 is 9.53 Å². The largest absolute Gasteiger partial charge is 0.484 e. The van der Waals surface area contributed by atoms with E-state index in [1.54, 1.807) is 0 Å². The molecule has 1 aliphatic rings. The van der Waals surface area contributed by atoms with Gasteiger partial charge in [0.25, 0.3) is 5.91 Å². The van der Waals surface area contributed by atoms with Crippen LogP contribution in [0.5, 0.6) is 5.75 Å². The fraction of sp³-hybridized carbons (Fsp3) is 0.533. The Bertz CT molecular complexity index is 436. The molecule has 1 amide bonds. The molecule has 112 valence electrons. The number of ether oxygens (including phenoxy) is 1. The Labute approximate surface area is 126 Å². The van der Waals surface area contributed by atoms with E-state index < -0.39 is 0 Å². The van der Waals surface area contributed by atoms with E-state index in [2.05, 4.69) is 19.2 Å². The van der Waals surface area contributed by atoms with Crippen LogP contribution in [0.3, 0.4) is 0 Å².